The van der Waals surface area contributed by atoms with Crippen molar-refractivity contribution in [3.8, 4) is 0 Å². The number of benzene rings is 1. The van der Waals surface area contributed by atoms with Crippen molar-refractivity contribution in [1.29, 1.82) is 0 Å². The SMILES string of the molecule is CCOC(=O)C[C@@H](C)[C@@H](NC(=O)c1ccccc1C(F)(F)F)C(N)=O. The molecule has 0 bridgehead atoms. The Morgan fingerprint density at radius 1 is 1.24 bits per heavy atom. The second-order valence-electron chi connectivity index (χ2n) is 5.38. The molecule has 1 aromatic carbocycles. The Hall–Kier alpha value is -2.58. The van der Waals surface area contributed by atoms with E-state index in [1.807, 2.05) is 0 Å². The number of carbonyl (C=O) groups excluding carboxylic acids is 3. The number of alkyl halides is 3. The summed E-state index contributed by atoms with van der Waals surface area (Å²) in [6.45, 7) is 3.20. The van der Waals surface area contributed by atoms with E-state index in [4.69, 9.17) is 10.5 Å². The first-order valence-electron chi connectivity index (χ1n) is 7.50. The molecule has 0 saturated heterocycles. The van der Waals surface area contributed by atoms with Gasteiger partial charge in [0, 0.05) is 0 Å². The van der Waals surface area contributed by atoms with Gasteiger partial charge < -0.3 is 15.8 Å². The fourth-order valence-corrected chi connectivity index (χ4v) is 2.24. The van der Waals surface area contributed by atoms with E-state index in [1.165, 1.54) is 13.0 Å². The standard InChI is InChI=1S/C16H19F3N2O4/c1-3-25-12(22)8-9(2)13(14(20)23)21-15(24)10-6-4-5-7-11(10)16(17,18)19/h4-7,9,13H,3,8H2,1-2H3,(H2,20,23)(H,21,24)/t9-,13-/m1/s1. The first kappa shape index (κ1) is 20.5. The van der Waals surface area contributed by atoms with Crippen LogP contribution >= 0.6 is 0 Å². The molecule has 0 aromatic heterocycles. The van der Waals surface area contributed by atoms with Crippen LogP contribution in [-0.4, -0.2) is 30.4 Å². The van der Waals surface area contributed by atoms with E-state index in [1.54, 1.807) is 6.92 Å². The van der Waals surface area contributed by atoms with Gasteiger partial charge >= 0.3 is 12.1 Å². The number of hydrogen-bond acceptors (Lipinski definition) is 4. The van der Waals surface area contributed by atoms with Crippen LogP contribution < -0.4 is 11.1 Å². The lowest BCUT2D eigenvalue weighted by atomic mass is 9.96. The van der Waals surface area contributed by atoms with Crippen molar-refractivity contribution in [3.63, 3.8) is 0 Å². The van der Waals surface area contributed by atoms with Crippen molar-refractivity contribution in [1.82, 2.24) is 5.32 Å². The minimum Gasteiger partial charge on any atom is -0.466 e. The summed E-state index contributed by atoms with van der Waals surface area (Å²) in [4.78, 5) is 35.3. The lowest BCUT2D eigenvalue weighted by Crippen LogP contribution is -2.49. The van der Waals surface area contributed by atoms with Crippen LogP contribution in [-0.2, 0) is 20.5 Å². The number of ether oxygens (including phenoxy) is 1. The van der Waals surface area contributed by atoms with Gasteiger partial charge in [0.05, 0.1) is 24.2 Å². The topological polar surface area (TPSA) is 98.5 Å². The van der Waals surface area contributed by atoms with E-state index in [2.05, 4.69) is 5.32 Å². The Labute approximate surface area is 142 Å². The highest BCUT2D eigenvalue weighted by atomic mass is 19.4. The van der Waals surface area contributed by atoms with Gasteiger partial charge in [-0.25, -0.2) is 0 Å². The van der Waals surface area contributed by atoms with Crippen LogP contribution in [0.2, 0.25) is 0 Å². The van der Waals surface area contributed by atoms with E-state index in [0.29, 0.717) is 0 Å². The van der Waals surface area contributed by atoms with Gasteiger partial charge in [0.2, 0.25) is 5.91 Å². The summed E-state index contributed by atoms with van der Waals surface area (Å²) in [6.07, 6.45) is -4.95. The summed E-state index contributed by atoms with van der Waals surface area (Å²) < 4.78 is 43.7. The molecule has 0 aliphatic heterocycles. The third-order valence-electron chi connectivity index (χ3n) is 3.43. The second-order valence-corrected chi connectivity index (χ2v) is 5.38. The minimum atomic E-state index is -4.73. The number of nitrogens with two attached hydrogens (primary N) is 1. The third-order valence-corrected chi connectivity index (χ3v) is 3.43. The van der Waals surface area contributed by atoms with Gasteiger partial charge in [-0.3, -0.25) is 14.4 Å². The van der Waals surface area contributed by atoms with Crippen molar-refractivity contribution >= 4 is 17.8 Å². The van der Waals surface area contributed by atoms with E-state index in [0.717, 1.165) is 18.2 Å². The molecule has 0 aliphatic carbocycles. The number of esters is 1. The van der Waals surface area contributed by atoms with Gasteiger partial charge in [-0.15, -0.1) is 0 Å². The Morgan fingerprint density at radius 3 is 2.36 bits per heavy atom. The van der Waals surface area contributed by atoms with Crippen LogP contribution in [0.5, 0.6) is 0 Å². The Balaban J connectivity index is 2.98. The predicted molar refractivity (Wildman–Crippen MR) is 82.3 cm³/mol. The molecule has 25 heavy (non-hydrogen) atoms. The molecule has 0 heterocycles. The van der Waals surface area contributed by atoms with Crippen molar-refractivity contribution in [2.45, 2.75) is 32.5 Å². The molecule has 6 nitrogen and oxygen atoms in total. The molecule has 1 aromatic rings. The maximum Gasteiger partial charge on any atom is 0.417 e. The van der Waals surface area contributed by atoms with Crippen LogP contribution in [0.15, 0.2) is 24.3 Å². The molecule has 138 valence electrons. The van der Waals surface area contributed by atoms with Gasteiger partial charge in [-0.2, -0.15) is 13.2 Å². The highest BCUT2D eigenvalue weighted by molar-refractivity contribution is 5.98. The summed E-state index contributed by atoms with van der Waals surface area (Å²) in [5, 5.41) is 2.17. The Bertz CT molecular complexity index is 647. The van der Waals surface area contributed by atoms with Crippen molar-refractivity contribution in [3.05, 3.63) is 35.4 Å². The van der Waals surface area contributed by atoms with Crippen LogP contribution in [0.1, 0.15) is 36.2 Å². The largest absolute Gasteiger partial charge is 0.466 e. The molecule has 9 heteroatoms. The fraction of sp³-hybridized carbons (Fsp3) is 0.438. The number of amides is 2. The van der Waals surface area contributed by atoms with Gasteiger partial charge in [-0.05, 0) is 25.0 Å². The first-order valence-corrected chi connectivity index (χ1v) is 7.50. The normalized spacial score (nSPS) is 13.6. The summed E-state index contributed by atoms with van der Waals surface area (Å²) in [7, 11) is 0. The molecule has 0 unspecified atom stereocenters. The van der Waals surface area contributed by atoms with Gasteiger partial charge in [-0.1, -0.05) is 19.1 Å². The van der Waals surface area contributed by atoms with Crippen molar-refractivity contribution in [2.75, 3.05) is 6.61 Å². The summed E-state index contributed by atoms with van der Waals surface area (Å²) >= 11 is 0. The second kappa shape index (κ2) is 8.50. The average molecular weight is 360 g/mol. The number of carbonyl (C=O) groups is 3. The predicted octanol–water partition coefficient (Wildman–Crippen LogP) is 1.88. The Kier molecular flexibility index (Phi) is 6.96. The summed E-state index contributed by atoms with van der Waals surface area (Å²) in [5.74, 6) is -3.42. The highest BCUT2D eigenvalue weighted by Gasteiger charge is 2.36. The Morgan fingerprint density at radius 2 is 1.84 bits per heavy atom. The molecule has 0 saturated carbocycles. The lowest BCUT2D eigenvalue weighted by molar-refractivity contribution is -0.144. The van der Waals surface area contributed by atoms with Crippen molar-refractivity contribution in [2.24, 2.45) is 11.7 Å². The molecule has 1 rings (SSSR count). The molecule has 0 fully saturated rings. The maximum absolute atomic E-state index is 13.0. The van der Waals surface area contributed by atoms with E-state index >= 15 is 0 Å². The number of primary amides is 1. The molecule has 2 atom stereocenters. The molecule has 0 radical (unpaired) electrons. The number of halogens is 3. The number of rotatable bonds is 7. The quantitative estimate of drug-likeness (QED) is 0.725. The first-order chi connectivity index (χ1) is 11.6. The summed E-state index contributed by atoms with van der Waals surface area (Å²) in [6, 6.07) is 2.85. The highest BCUT2D eigenvalue weighted by Crippen LogP contribution is 2.31. The number of nitrogens with one attached hydrogen (secondary N) is 1. The fourth-order valence-electron chi connectivity index (χ4n) is 2.24. The molecule has 2 amide bonds. The minimum absolute atomic E-state index is 0.137. The molecule has 3 N–H and O–H groups in total. The smallest absolute Gasteiger partial charge is 0.417 e. The monoisotopic (exact) mass is 360 g/mol. The van der Waals surface area contributed by atoms with Gasteiger partial charge in [0.1, 0.15) is 6.04 Å². The van der Waals surface area contributed by atoms with E-state index in [-0.39, 0.29) is 13.0 Å². The third kappa shape index (κ3) is 5.77. The van der Waals surface area contributed by atoms with E-state index in [9.17, 15) is 27.6 Å². The number of hydrogen-bond donors (Lipinski definition) is 2. The molecule has 0 spiro atoms. The average Bonchev–Trinajstić information content (AvgIpc) is 2.51. The zero-order chi connectivity index (χ0) is 19.2. The molecule has 0 aliphatic rings. The van der Waals surface area contributed by atoms with Gasteiger partial charge in [0.15, 0.2) is 0 Å². The van der Waals surface area contributed by atoms with Crippen LogP contribution in [0.3, 0.4) is 0 Å². The summed E-state index contributed by atoms with van der Waals surface area (Å²) in [5.41, 5.74) is 3.44. The zero-order valence-electron chi connectivity index (χ0n) is 13.7. The van der Waals surface area contributed by atoms with Crippen LogP contribution in [0, 0.1) is 5.92 Å². The lowest BCUT2D eigenvalue weighted by Gasteiger charge is -2.22. The zero-order valence-corrected chi connectivity index (χ0v) is 13.7. The maximum atomic E-state index is 13.0. The van der Waals surface area contributed by atoms with Gasteiger partial charge in [0.25, 0.3) is 5.91 Å². The van der Waals surface area contributed by atoms with Crippen LogP contribution in [0.4, 0.5) is 13.2 Å². The van der Waals surface area contributed by atoms with E-state index < -0.39 is 47.0 Å². The molecular weight excluding hydrogens is 341 g/mol. The molecular formula is C16H19F3N2O4. The van der Waals surface area contributed by atoms with Crippen LogP contribution in [0.25, 0.3) is 0 Å². The van der Waals surface area contributed by atoms with Crippen molar-refractivity contribution < 1.29 is 32.3 Å².